The molecule has 0 aliphatic heterocycles. The van der Waals surface area contributed by atoms with Crippen LogP contribution in [0.5, 0.6) is 0 Å². The number of ether oxygens (including phenoxy) is 1. The van der Waals surface area contributed by atoms with E-state index in [0.717, 1.165) is 11.1 Å². The Bertz CT molecular complexity index is 1860. The number of esters is 1. The first-order chi connectivity index (χ1) is 22.3. The van der Waals surface area contributed by atoms with Crippen molar-refractivity contribution in [3.8, 4) is 16.8 Å². The maximum Gasteiger partial charge on any atom is 0.309 e. The number of hydrogen-bond acceptors (Lipinski definition) is 9. The smallest absolute Gasteiger partial charge is 0.309 e. The molecule has 0 saturated carbocycles. The summed E-state index contributed by atoms with van der Waals surface area (Å²) in [5.74, 6) is -1.17. The molecule has 2 aromatic heterocycles. The van der Waals surface area contributed by atoms with Crippen molar-refractivity contribution in [2.75, 3.05) is 14.2 Å². The fourth-order valence-corrected chi connectivity index (χ4v) is 4.91. The lowest BCUT2D eigenvalue weighted by molar-refractivity contribution is -0.139. The number of carbonyl (C=O) groups is 3. The number of aromatic nitrogens is 6. The second-order valence-corrected chi connectivity index (χ2v) is 10.5. The lowest BCUT2D eigenvalue weighted by atomic mass is 9.97. The number of amides is 2. The van der Waals surface area contributed by atoms with Gasteiger partial charge in [-0.25, -0.2) is 0 Å². The van der Waals surface area contributed by atoms with Crippen LogP contribution in [0.2, 0.25) is 5.02 Å². The van der Waals surface area contributed by atoms with Crippen LogP contribution < -0.4 is 10.6 Å². The van der Waals surface area contributed by atoms with E-state index in [1.165, 1.54) is 31.2 Å². The van der Waals surface area contributed by atoms with Crippen LogP contribution in [0.3, 0.4) is 0 Å². The molecule has 2 amide bonds. The molecule has 2 heterocycles. The van der Waals surface area contributed by atoms with Gasteiger partial charge in [0.15, 0.2) is 5.69 Å². The van der Waals surface area contributed by atoms with Gasteiger partial charge >= 0.3 is 5.97 Å². The monoisotopic (exact) mass is 636 g/mol. The Balaban J connectivity index is 1.48. The summed E-state index contributed by atoms with van der Waals surface area (Å²) in [6.45, 7) is 0. The van der Waals surface area contributed by atoms with Crippen molar-refractivity contribution in [1.82, 2.24) is 41.0 Å². The minimum absolute atomic E-state index is 0.115. The van der Waals surface area contributed by atoms with E-state index in [4.69, 9.17) is 16.3 Å². The molecule has 46 heavy (non-hydrogen) atoms. The van der Waals surface area contributed by atoms with E-state index in [2.05, 4.69) is 36.4 Å². The molecule has 13 heteroatoms. The zero-order valence-electron chi connectivity index (χ0n) is 24.9. The molecule has 0 aliphatic rings. The van der Waals surface area contributed by atoms with Gasteiger partial charge in [0.2, 0.25) is 5.91 Å². The maximum absolute atomic E-state index is 13.4. The number of carbonyl (C=O) groups excluding carboxylic acids is 3. The van der Waals surface area contributed by atoms with Crippen LogP contribution in [0.1, 0.15) is 38.9 Å². The first-order valence-electron chi connectivity index (χ1n) is 14.2. The van der Waals surface area contributed by atoms with Crippen LogP contribution in [-0.2, 0) is 27.2 Å². The number of nitrogens with one attached hydrogen (secondary N) is 2. The second kappa shape index (κ2) is 14.8. The van der Waals surface area contributed by atoms with E-state index in [-0.39, 0.29) is 18.1 Å². The van der Waals surface area contributed by atoms with Crippen molar-refractivity contribution in [2.24, 2.45) is 0 Å². The number of methoxy groups -OCH3 is 1. The molecule has 0 fully saturated rings. The van der Waals surface area contributed by atoms with E-state index >= 15 is 0 Å². The first-order valence-corrected chi connectivity index (χ1v) is 14.5. The molecule has 3 aromatic carbocycles. The van der Waals surface area contributed by atoms with Gasteiger partial charge in [0.1, 0.15) is 6.33 Å². The number of halogens is 1. The normalized spacial score (nSPS) is 11.6. The first kappa shape index (κ1) is 31.7. The molecule has 1 atom stereocenters. The van der Waals surface area contributed by atoms with Crippen LogP contribution in [0.15, 0.2) is 91.3 Å². The Morgan fingerprint density at radius 2 is 1.76 bits per heavy atom. The highest BCUT2D eigenvalue weighted by Gasteiger charge is 2.22. The van der Waals surface area contributed by atoms with Crippen LogP contribution >= 0.6 is 11.6 Å². The van der Waals surface area contributed by atoms with Gasteiger partial charge in [0.25, 0.3) is 5.91 Å². The lowest BCUT2D eigenvalue weighted by Crippen LogP contribution is -2.30. The lowest BCUT2D eigenvalue weighted by Gasteiger charge is -2.19. The highest BCUT2D eigenvalue weighted by Crippen LogP contribution is 2.27. The van der Waals surface area contributed by atoms with Gasteiger partial charge in [0.05, 0.1) is 31.0 Å². The topological polar surface area (TPSA) is 154 Å². The molecule has 0 radical (unpaired) electrons. The zero-order valence-corrected chi connectivity index (χ0v) is 25.7. The van der Waals surface area contributed by atoms with Crippen molar-refractivity contribution in [2.45, 2.75) is 18.9 Å². The Kier molecular flexibility index (Phi) is 10.2. The summed E-state index contributed by atoms with van der Waals surface area (Å²) in [7, 11) is 2.85. The highest BCUT2D eigenvalue weighted by atomic mass is 35.5. The van der Waals surface area contributed by atoms with Crippen LogP contribution in [-0.4, -0.2) is 62.3 Å². The van der Waals surface area contributed by atoms with Crippen molar-refractivity contribution < 1.29 is 19.1 Å². The van der Waals surface area contributed by atoms with E-state index in [1.807, 2.05) is 30.3 Å². The molecular weight excluding hydrogens is 608 g/mol. The number of benzene rings is 3. The van der Waals surface area contributed by atoms with E-state index in [0.29, 0.717) is 39.5 Å². The van der Waals surface area contributed by atoms with Gasteiger partial charge in [-0.05, 0) is 63.9 Å². The SMILES string of the molecule is CNC(=O)c1nnc([C@H](Cc2ccccc2)NC(=O)/C=C/c2cc(Cl)ccc2-n2cnnn2)cc1-c1ccc(CC(=O)OC)cc1. The van der Waals surface area contributed by atoms with Gasteiger partial charge < -0.3 is 15.4 Å². The standard InChI is InChI=1S/C33H29ClN8O4/c1-35-33(45)32-26(23-10-8-22(9-11-23)17-31(44)46-2)19-28(38-39-32)27(16-21-6-4-3-5-7-21)37-30(43)15-12-24-18-25(34)13-14-29(24)42-20-36-40-41-42/h3-15,18-20,27H,16-17H2,1-2H3,(H,35,45)(H,37,43)/b15-12+/t27-/m0/s1. The summed E-state index contributed by atoms with van der Waals surface area (Å²) in [4.78, 5) is 37.9. The molecule has 0 spiro atoms. The van der Waals surface area contributed by atoms with Crippen molar-refractivity contribution in [1.29, 1.82) is 0 Å². The third kappa shape index (κ3) is 7.85. The van der Waals surface area contributed by atoms with Crippen LogP contribution in [0.4, 0.5) is 0 Å². The highest BCUT2D eigenvalue weighted by molar-refractivity contribution is 6.30. The minimum Gasteiger partial charge on any atom is -0.469 e. The Morgan fingerprint density at radius 3 is 2.46 bits per heavy atom. The van der Waals surface area contributed by atoms with Crippen molar-refractivity contribution in [3.05, 3.63) is 124 Å². The van der Waals surface area contributed by atoms with E-state index < -0.39 is 17.9 Å². The van der Waals surface area contributed by atoms with Crippen LogP contribution in [0, 0.1) is 0 Å². The quantitative estimate of drug-likeness (QED) is 0.162. The van der Waals surface area contributed by atoms with Gasteiger partial charge in [-0.3, -0.25) is 14.4 Å². The summed E-state index contributed by atoms with van der Waals surface area (Å²) in [6, 6.07) is 23.1. The largest absolute Gasteiger partial charge is 0.469 e. The summed E-state index contributed by atoms with van der Waals surface area (Å²) >= 11 is 6.24. The van der Waals surface area contributed by atoms with E-state index in [9.17, 15) is 14.4 Å². The number of hydrogen-bond donors (Lipinski definition) is 2. The molecule has 5 aromatic rings. The molecule has 232 valence electrons. The van der Waals surface area contributed by atoms with Gasteiger partial charge in [-0.15, -0.1) is 10.2 Å². The number of tetrazole rings is 1. The average Bonchev–Trinajstić information content (AvgIpc) is 3.62. The molecular formula is C33H29ClN8O4. The van der Waals surface area contributed by atoms with Crippen molar-refractivity contribution >= 4 is 35.5 Å². The van der Waals surface area contributed by atoms with Crippen molar-refractivity contribution in [3.63, 3.8) is 0 Å². The third-order valence-electron chi connectivity index (χ3n) is 7.05. The predicted molar refractivity (Wildman–Crippen MR) is 171 cm³/mol. The summed E-state index contributed by atoms with van der Waals surface area (Å²) in [5.41, 5.74) is 4.74. The summed E-state index contributed by atoms with van der Waals surface area (Å²) < 4.78 is 6.23. The number of nitrogens with zero attached hydrogens (tertiary/aromatic N) is 6. The molecule has 0 bridgehead atoms. The summed E-state index contributed by atoms with van der Waals surface area (Å²) in [5, 5.41) is 26.1. The van der Waals surface area contributed by atoms with Crippen LogP contribution in [0.25, 0.3) is 22.9 Å². The number of rotatable bonds is 11. The molecule has 12 nitrogen and oxygen atoms in total. The van der Waals surface area contributed by atoms with E-state index in [1.54, 1.807) is 54.6 Å². The predicted octanol–water partition coefficient (Wildman–Crippen LogP) is 3.96. The molecule has 0 saturated heterocycles. The fourth-order valence-electron chi connectivity index (χ4n) is 4.73. The molecule has 2 N–H and O–H groups in total. The summed E-state index contributed by atoms with van der Waals surface area (Å²) in [6.07, 6.45) is 4.98. The average molecular weight is 637 g/mol. The Labute approximate surface area is 269 Å². The Hall–Kier alpha value is -5.75. The molecule has 0 aliphatic carbocycles. The van der Waals surface area contributed by atoms with Gasteiger partial charge in [-0.1, -0.05) is 66.2 Å². The molecule has 5 rings (SSSR count). The fraction of sp³-hybridized carbons (Fsp3) is 0.152. The Morgan fingerprint density at radius 1 is 0.978 bits per heavy atom. The van der Waals surface area contributed by atoms with Gasteiger partial charge in [-0.2, -0.15) is 9.78 Å². The zero-order chi connectivity index (χ0) is 32.5. The second-order valence-electron chi connectivity index (χ2n) is 10.1. The maximum atomic E-state index is 13.4. The van der Waals surface area contributed by atoms with Gasteiger partial charge in [0, 0.05) is 29.3 Å². The molecule has 0 unspecified atom stereocenters. The minimum atomic E-state index is -0.610. The third-order valence-corrected chi connectivity index (χ3v) is 7.29.